The van der Waals surface area contributed by atoms with E-state index in [0.29, 0.717) is 16.5 Å². The molecule has 0 atom stereocenters. The molecule has 0 N–H and O–H groups in total. The summed E-state index contributed by atoms with van der Waals surface area (Å²) in [6.07, 6.45) is -5.41. The van der Waals surface area contributed by atoms with Crippen LogP contribution in [0.25, 0.3) is 32.9 Å². The van der Waals surface area contributed by atoms with Crippen LogP contribution in [0.5, 0.6) is 0 Å². The molecule has 4 rings (SSSR count). The Bertz CT molecular complexity index is 1020. The third-order valence-electron chi connectivity index (χ3n) is 4.09. The first-order valence-electron chi connectivity index (χ1n) is 7.58. The third kappa shape index (κ3) is 2.54. The fourth-order valence-corrected chi connectivity index (χ4v) is 3.14. The summed E-state index contributed by atoms with van der Waals surface area (Å²) in [5.74, 6) is -0.0416. The van der Waals surface area contributed by atoms with E-state index in [1.807, 2.05) is 48.5 Å². The Hall–Kier alpha value is -2.75. The number of halogens is 3. The minimum absolute atomic E-state index is 0.0416. The van der Waals surface area contributed by atoms with Gasteiger partial charge in [-0.3, -0.25) is 0 Å². The van der Waals surface area contributed by atoms with Gasteiger partial charge in [0, 0.05) is 10.9 Å². The van der Waals surface area contributed by atoms with Crippen molar-refractivity contribution in [3.8, 4) is 11.1 Å². The van der Waals surface area contributed by atoms with E-state index in [0.717, 1.165) is 16.3 Å². The van der Waals surface area contributed by atoms with E-state index in [-0.39, 0.29) is 5.76 Å². The number of fused-ring (bicyclic) bond motifs is 2. The first-order chi connectivity index (χ1) is 11.5. The lowest BCUT2D eigenvalue weighted by molar-refractivity contribution is -0.129. The van der Waals surface area contributed by atoms with Gasteiger partial charge in [0.2, 0.25) is 0 Å². The van der Waals surface area contributed by atoms with Crippen LogP contribution in [0.4, 0.5) is 13.2 Å². The molecule has 0 spiro atoms. The van der Waals surface area contributed by atoms with Crippen molar-refractivity contribution in [2.45, 2.75) is 12.6 Å². The fourth-order valence-electron chi connectivity index (χ4n) is 3.14. The second-order valence-corrected chi connectivity index (χ2v) is 5.72. The Balaban J connectivity index is 2.06. The van der Waals surface area contributed by atoms with Gasteiger partial charge in [0.1, 0.15) is 17.8 Å². The van der Waals surface area contributed by atoms with Crippen LogP contribution >= 0.6 is 0 Å². The minimum Gasteiger partial charge on any atom is -0.460 e. The predicted octanol–water partition coefficient (Wildman–Crippen LogP) is 6.36. The SMILES string of the molecule is FC(F)(F)Cc1oc2ccccc2c1-c1cccc2ccccc12. The van der Waals surface area contributed by atoms with E-state index in [2.05, 4.69) is 0 Å². The van der Waals surface area contributed by atoms with Crippen LogP contribution in [0.1, 0.15) is 5.76 Å². The molecule has 120 valence electrons. The molecule has 0 aliphatic carbocycles. The second-order valence-electron chi connectivity index (χ2n) is 5.72. The van der Waals surface area contributed by atoms with Gasteiger partial charge in [0.05, 0.1) is 0 Å². The average molecular weight is 326 g/mol. The van der Waals surface area contributed by atoms with Gasteiger partial charge >= 0.3 is 6.18 Å². The summed E-state index contributed by atoms with van der Waals surface area (Å²) in [6.45, 7) is 0. The standard InChI is InChI=1S/C20H13F3O/c21-20(22,23)12-18-19(16-9-3-4-11-17(16)24-18)15-10-5-7-13-6-1-2-8-14(13)15/h1-11H,12H2. The highest BCUT2D eigenvalue weighted by Crippen LogP contribution is 2.40. The molecule has 0 saturated heterocycles. The summed E-state index contributed by atoms with van der Waals surface area (Å²) in [5.41, 5.74) is 1.76. The summed E-state index contributed by atoms with van der Waals surface area (Å²) in [7, 11) is 0. The normalized spacial score (nSPS) is 12.1. The van der Waals surface area contributed by atoms with Crippen LogP contribution in [0.2, 0.25) is 0 Å². The van der Waals surface area contributed by atoms with Gasteiger partial charge in [-0.25, -0.2) is 0 Å². The summed E-state index contributed by atoms with van der Waals surface area (Å²) < 4.78 is 44.6. The summed E-state index contributed by atoms with van der Waals surface area (Å²) in [6, 6.07) is 20.4. The Morgan fingerprint density at radius 1 is 0.750 bits per heavy atom. The van der Waals surface area contributed by atoms with E-state index in [1.165, 1.54) is 0 Å². The predicted molar refractivity (Wildman–Crippen MR) is 88.9 cm³/mol. The van der Waals surface area contributed by atoms with Crippen molar-refractivity contribution in [3.05, 3.63) is 72.5 Å². The molecule has 0 unspecified atom stereocenters. The maximum absolute atomic E-state index is 13.0. The number of hydrogen-bond donors (Lipinski definition) is 0. The average Bonchev–Trinajstić information content (AvgIpc) is 2.90. The van der Waals surface area contributed by atoms with Crippen molar-refractivity contribution >= 4 is 21.7 Å². The van der Waals surface area contributed by atoms with Gasteiger partial charge in [-0.2, -0.15) is 13.2 Å². The zero-order valence-corrected chi connectivity index (χ0v) is 12.6. The number of furan rings is 1. The number of benzene rings is 3. The monoisotopic (exact) mass is 326 g/mol. The van der Waals surface area contributed by atoms with E-state index >= 15 is 0 Å². The lowest BCUT2D eigenvalue weighted by atomic mass is 9.95. The zero-order valence-electron chi connectivity index (χ0n) is 12.6. The topological polar surface area (TPSA) is 13.1 Å². The first kappa shape index (κ1) is 14.8. The Kier molecular flexibility index (Phi) is 3.34. The molecule has 3 aromatic carbocycles. The molecule has 0 fully saturated rings. The molecule has 4 heteroatoms. The lowest BCUT2D eigenvalue weighted by Crippen LogP contribution is -2.11. The van der Waals surface area contributed by atoms with Gasteiger partial charge in [-0.05, 0) is 22.4 Å². The van der Waals surface area contributed by atoms with Gasteiger partial charge in [0.15, 0.2) is 0 Å². The lowest BCUT2D eigenvalue weighted by Gasteiger charge is -2.09. The summed E-state index contributed by atoms with van der Waals surface area (Å²) >= 11 is 0. The van der Waals surface area contributed by atoms with E-state index in [9.17, 15) is 13.2 Å². The first-order valence-corrected chi connectivity index (χ1v) is 7.58. The van der Waals surface area contributed by atoms with Gasteiger partial charge < -0.3 is 4.42 Å². The molecule has 4 aromatic rings. The molecule has 0 aliphatic heterocycles. The van der Waals surface area contributed by atoms with Crippen LogP contribution in [0, 0.1) is 0 Å². The maximum atomic E-state index is 13.0. The maximum Gasteiger partial charge on any atom is 0.396 e. The van der Waals surface area contributed by atoms with Crippen molar-refractivity contribution in [1.82, 2.24) is 0 Å². The van der Waals surface area contributed by atoms with Gasteiger partial charge in [0.25, 0.3) is 0 Å². The van der Waals surface area contributed by atoms with Crippen LogP contribution in [-0.4, -0.2) is 6.18 Å². The van der Waals surface area contributed by atoms with Crippen molar-refractivity contribution in [3.63, 3.8) is 0 Å². The molecule has 0 bridgehead atoms. The quantitative estimate of drug-likeness (QED) is 0.418. The number of hydrogen-bond acceptors (Lipinski definition) is 1. The van der Waals surface area contributed by atoms with Crippen LogP contribution in [0.3, 0.4) is 0 Å². The van der Waals surface area contributed by atoms with E-state index < -0.39 is 12.6 Å². The zero-order chi connectivity index (χ0) is 16.7. The van der Waals surface area contributed by atoms with Crippen molar-refractivity contribution in [2.24, 2.45) is 0 Å². The molecule has 0 saturated carbocycles. The molecule has 0 aliphatic rings. The van der Waals surface area contributed by atoms with Gasteiger partial charge in [-0.15, -0.1) is 0 Å². The molecule has 24 heavy (non-hydrogen) atoms. The number of rotatable bonds is 2. The fraction of sp³-hybridized carbons (Fsp3) is 0.100. The highest BCUT2D eigenvalue weighted by molar-refractivity contribution is 6.05. The van der Waals surface area contributed by atoms with Crippen molar-refractivity contribution in [1.29, 1.82) is 0 Å². The smallest absolute Gasteiger partial charge is 0.396 e. The van der Waals surface area contributed by atoms with Crippen molar-refractivity contribution in [2.75, 3.05) is 0 Å². The largest absolute Gasteiger partial charge is 0.460 e. The third-order valence-corrected chi connectivity index (χ3v) is 4.09. The molecular weight excluding hydrogens is 313 g/mol. The Morgan fingerprint density at radius 2 is 1.42 bits per heavy atom. The molecule has 1 nitrogen and oxygen atoms in total. The molecular formula is C20H13F3O. The van der Waals surface area contributed by atoms with Crippen LogP contribution in [-0.2, 0) is 6.42 Å². The highest BCUT2D eigenvalue weighted by atomic mass is 19.4. The van der Waals surface area contributed by atoms with Crippen molar-refractivity contribution < 1.29 is 17.6 Å². The van der Waals surface area contributed by atoms with Crippen LogP contribution in [0.15, 0.2) is 71.1 Å². The van der Waals surface area contributed by atoms with E-state index in [1.54, 1.807) is 18.2 Å². The second kappa shape index (κ2) is 5.41. The molecule has 0 amide bonds. The van der Waals surface area contributed by atoms with Crippen LogP contribution < -0.4 is 0 Å². The summed E-state index contributed by atoms with van der Waals surface area (Å²) in [5, 5.41) is 2.60. The number of para-hydroxylation sites is 1. The Morgan fingerprint density at radius 3 is 2.21 bits per heavy atom. The molecule has 1 heterocycles. The Labute approximate surface area is 136 Å². The summed E-state index contributed by atoms with van der Waals surface area (Å²) in [4.78, 5) is 0. The minimum atomic E-state index is -4.33. The number of alkyl halides is 3. The molecule has 0 radical (unpaired) electrons. The van der Waals surface area contributed by atoms with Gasteiger partial charge in [-0.1, -0.05) is 60.7 Å². The van der Waals surface area contributed by atoms with E-state index in [4.69, 9.17) is 4.42 Å². The highest BCUT2D eigenvalue weighted by Gasteiger charge is 2.32. The molecule has 1 aromatic heterocycles.